The van der Waals surface area contributed by atoms with Gasteiger partial charge in [0.05, 0.1) is 18.8 Å². The van der Waals surface area contributed by atoms with Gasteiger partial charge in [-0.3, -0.25) is 9.80 Å². The third-order valence-corrected chi connectivity index (χ3v) is 7.78. The molecule has 1 saturated heterocycles. The molecule has 4 atom stereocenters. The zero-order valence-electron chi connectivity index (χ0n) is 18.3. The lowest BCUT2D eigenvalue weighted by Crippen LogP contribution is -2.49. The molecule has 29 heavy (non-hydrogen) atoms. The van der Waals surface area contributed by atoms with Gasteiger partial charge >= 0.3 is 0 Å². The Morgan fingerprint density at radius 3 is 2.34 bits per heavy atom. The van der Waals surface area contributed by atoms with Crippen molar-refractivity contribution in [2.45, 2.75) is 58.8 Å². The zero-order valence-corrected chi connectivity index (χ0v) is 19.2. The molecule has 2 bridgehead atoms. The van der Waals surface area contributed by atoms with Gasteiger partial charge in [0.15, 0.2) is 0 Å². The Hall–Kier alpha value is -0.650. The van der Waals surface area contributed by atoms with Gasteiger partial charge < -0.3 is 9.84 Å². The zero-order chi connectivity index (χ0) is 19.8. The summed E-state index contributed by atoms with van der Waals surface area (Å²) in [6, 6.07) is 10.7. The minimum Gasteiger partial charge on any atom is -0.389 e. The van der Waals surface area contributed by atoms with Crippen molar-refractivity contribution in [1.82, 2.24) is 9.80 Å². The molecule has 5 heteroatoms. The smallest absolute Gasteiger partial charge is 0.0900 e. The average Bonchev–Trinajstić information content (AvgIpc) is 3.15. The van der Waals surface area contributed by atoms with Crippen molar-refractivity contribution in [3.63, 3.8) is 0 Å². The molecule has 1 N–H and O–H groups in total. The van der Waals surface area contributed by atoms with Crippen LogP contribution < -0.4 is 0 Å². The number of hydrogen-bond donors (Lipinski definition) is 1. The highest BCUT2D eigenvalue weighted by Crippen LogP contribution is 2.63. The Labute approximate surface area is 183 Å². The highest BCUT2D eigenvalue weighted by molar-refractivity contribution is 5.85. The van der Waals surface area contributed by atoms with E-state index >= 15 is 0 Å². The summed E-state index contributed by atoms with van der Waals surface area (Å²) in [6.45, 7) is 13.5. The number of benzene rings is 1. The van der Waals surface area contributed by atoms with Gasteiger partial charge in [0.2, 0.25) is 0 Å². The summed E-state index contributed by atoms with van der Waals surface area (Å²) in [6.07, 6.45) is 3.82. The molecule has 0 radical (unpaired) electrons. The van der Waals surface area contributed by atoms with Crippen LogP contribution in [0.15, 0.2) is 30.3 Å². The fraction of sp³-hybridized carbons (Fsp3) is 0.750. The van der Waals surface area contributed by atoms with Crippen LogP contribution >= 0.6 is 12.4 Å². The maximum Gasteiger partial charge on any atom is 0.0900 e. The molecule has 1 aromatic rings. The first-order valence-corrected chi connectivity index (χ1v) is 11.2. The third kappa shape index (κ3) is 4.99. The Bertz CT molecular complexity index is 643. The van der Waals surface area contributed by atoms with Crippen molar-refractivity contribution in [3.05, 3.63) is 35.9 Å². The Balaban J connectivity index is 0.00000240. The van der Waals surface area contributed by atoms with Crippen molar-refractivity contribution in [3.8, 4) is 0 Å². The van der Waals surface area contributed by atoms with E-state index in [0.717, 1.165) is 45.2 Å². The van der Waals surface area contributed by atoms with Gasteiger partial charge in [0, 0.05) is 39.3 Å². The first-order chi connectivity index (χ1) is 13.4. The van der Waals surface area contributed by atoms with E-state index in [-0.39, 0.29) is 30.0 Å². The van der Waals surface area contributed by atoms with Gasteiger partial charge in [-0.05, 0) is 41.6 Å². The summed E-state index contributed by atoms with van der Waals surface area (Å²) in [7, 11) is 0. The van der Waals surface area contributed by atoms with Crippen LogP contribution in [-0.4, -0.2) is 66.4 Å². The maximum absolute atomic E-state index is 10.6. The van der Waals surface area contributed by atoms with Crippen molar-refractivity contribution >= 4 is 12.4 Å². The van der Waals surface area contributed by atoms with Crippen molar-refractivity contribution < 1.29 is 9.84 Å². The molecular weight excluding hydrogens is 384 g/mol. The van der Waals surface area contributed by atoms with Crippen molar-refractivity contribution in [2.24, 2.45) is 16.7 Å². The van der Waals surface area contributed by atoms with E-state index in [0.29, 0.717) is 12.0 Å². The molecule has 2 aliphatic carbocycles. The number of piperazine rings is 1. The largest absolute Gasteiger partial charge is 0.389 e. The number of hydrogen-bond acceptors (Lipinski definition) is 4. The van der Waals surface area contributed by atoms with Gasteiger partial charge in [0.25, 0.3) is 0 Å². The monoisotopic (exact) mass is 422 g/mol. The molecule has 0 amide bonds. The van der Waals surface area contributed by atoms with Gasteiger partial charge in [-0.2, -0.15) is 0 Å². The number of halogens is 1. The second kappa shape index (κ2) is 9.23. The second-order valence-corrected chi connectivity index (χ2v) is 10.3. The van der Waals surface area contributed by atoms with Gasteiger partial charge in [0.1, 0.15) is 0 Å². The Morgan fingerprint density at radius 2 is 1.72 bits per heavy atom. The van der Waals surface area contributed by atoms with Gasteiger partial charge in [-0.1, -0.05) is 51.1 Å². The number of fused-ring (bicyclic) bond motifs is 2. The number of rotatable bonds is 7. The minimum atomic E-state index is -0.390. The van der Waals surface area contributed by atoms with E-state index < -0.39 is 0 Å². The lowest BCUT2D eigenvalue weighted by molar-refractivity contribution is -0.114. The van der Waals surface area contributed by atoms with Crippen LogP contribution in [0.5, 0.6) is 0 Å². The molecule has 4 nitrogen and oxygen atoms in total. The summed E-state index contributed by atoms with van der Waals surface area (Å²) in [4.78, 5) is 4.90. The average molecular weight is 423 g/mol. The van der Waals surface area contributed by atoms with Crippen LogP contribution in [0.25, 0.3) is 0 Å². The Morgan fingerprint density at radius 1 is 1.07 bits per heavy atom. The minimum absolute atomic E-state index is 0. The van der Waals surface area contributed by atoms with Crippen LogP contribution in [0.1, 0.15) is 45.6 Å². The molecule has 2 saturated carbocycles. The number of aliphatic hydroxyl groups excluding tert-OH is 1. The number of ether oxygens (including phenoxy) is 1. The molecule has 1 aliphatic heterocycles. The lowest BCUT2D eigenvalue weighted by Gasteiger charge is -2.43. The summed E-state index contributed by atoms with van der Waals surface area (Å²) in [5.41, 5.74) is 1.94. The quantitative estimate of drug-likeness (QED) is 0.724. The highest BCUT2D eigenvalue weighted by atomic mass is 35.5. The van der Waals surface area contributed by atoms with E-state index in [1.807, 2.05) is 0 Å². The second-order valence-electron chi connectivity index (χ2n) is 10.3. The van der Waals surface area contributed by atoms with Crippen molar-refractivity contribution in [2.75, 3.05) is 39.3 Å². The van der Waals surface area contributed by atoms with E-state index in [1.54, 1.807) is 0 Å². The summed E-state index contributed by atoms with van der Waals surface area (Å²) in [5, 5.41) is 10.6. The van der Waals surface area contributed by atoms with E-state index in [2.05, 4.69) is 60.9 Å². The van der Waals surface area contributed by atoms with Crippen LogP contribution in [0.2, 0.25) is 0 Å². The number of β-amino-alcohol motifs (C(OH)–C–C–N with tert-alkyl or cyclic N) is 1. The molecule has 1 aromatic carbocycles. The van der Waals surface area contributed by atoms with Gasteiger partial charge in [-0.15, -0.1) is 12.4 Å². The van der Waals surface area contributed by atoms with E-state index in [4.69, 9.17) is 4.74 Å². The third-order valence-electron chi connectivity index (χ3n) is 7.78. The van der Waals surface area contributed by atoms with Crippen LogP contribution in [0.4, 0.5) is 0 Å². The lowest BCUT2D eigenvalue weighted by atomic mass is 9.70. The molecule has 4 rings (SSSR count). The molecular formula is C24H39ClN2O2. The van der Waals surface area contributed by atoms with Crippen LogP contribution in [0, 0.1) is 16.7 Å². The molecule has 4 unspecified atom stereocenters. The maximum atomic E-state index is 10.6. The van der Waals surface area contributed by atoms with E-state index in [9.17, 15) is 5.11 Å². The fourth-order valence-corrected chi connectivity index (χ4v) is 6.20. The molecule has 3 fully saturated rings. The predicted octanol–water partition coefficient (Wildman–Crippen LogP) is 3.82. The normalized spacial score (nSPS) is 32.8. The number of aliphatic hydroxyl groups is 1. The SMILES string of the molecule is CC12CCC(C1)C(C)(C)C2OCC(O)CN1CCN(Cc2ccccc2)CC1.Cl. The van der Waals surface area contributed by atoms with Crippen molar-refractivity contribution in [1.29, 1.82) is 0 Å². The molecule has 164 valence electrons. The number of nitrogens with zero attached hydrogens (tertiary/aromatic N) is 2. The summed E-state index contributed by atoms with van der Waals surface area (Å²) < 4.78 is 6.37. The van der Waals surface area contributed by atoms with E-state index in [1.165, 1.54) is 24.8 Å². The highest BCUT2D eigenvalue weighted by Gasteiger charge is 2.60. The predicted molar refractivity (Wildman–Crippen MR) is 120 cm³/mol. The molecule has 1 heterocycles. The fourth-order valence-electron chi connectivity index (χ4n) is 6.20. The topological polar surface area (TPSA) is 35.9 Å². The van der Waals surface area contributed by atoms with Crippen LogP contribution in [-0.2, 0) is 11.3 Å². The first kappa shape index (κ1) is 23.0. The first-order valence-electron chi connectivity index (χ1n) is 11.2. The van der Waals surface area contributed by atoms with Gasteiger partial charge in [-0.25, -0.2) is 0 Å². The summed E-state index contributed by atoms with van der Waals surface area (Å²) >= 11 is 0. The Kier molecular flexibility index (Phi) is 7.33. The molecule has 3 aliphatic rings. The molecule has 0 aromatic heterocycles. The molecule has 0 spiro atoms. The summed E-state index contributed by atoms with van der Waals surface area (Å²) in [5.74, 6) is 0.789. The standard InChI is InChI=1S/C24H38N2O2.ClH/c1-23(2)20-9-10-24(3,15-20)22(23)28-18-21(27)17-26-13-11-25(12-14-26)16-19-7-5-4-6-8-19;/h4-8,20-22,27H,9-18H2,1-3H3;1H. The van der Waals surface area contributed by atoms with Crippen LogP contribution in [0.3, 0.4) is 0 Å².